The van der Waals surface area contributed by atoms with Gasteiger partial charge in [0, 0.05) is 25.3 Å². The first-order valence-electron chi connectivity index (χ1n) is 7.47. The Balaban J connectivity index is 2.29. The zero-order valence-corrected chi connectivity index (χ0v) is 13.3. The minimum Gasteiger partial charge on any atom is -0.465 e. The molecule has 0 radical (unpaired) electrons. The summed E-state index contributed by atoms with van der Waals surface area (Å²) < 4.78 is 0. The second kappa shape index (κ2) is 5.92. The van der Waals surface area contributed by atoms with Gasteiger partial charge in [-0.25, -0.2) is 9.78 Å². The number of carbonyl (C=O) groups is 1. The third kappa shape index (κ3) is 3.65. The van der Waals surface area contributed by atoms with E-state index < -0.39 is 6.09 Å². The average molecular weight is 291 g/mol. The van der Waals surface area contributed by atoms with E-state index in [9.17, 15) is 9.90 Å². The van der Waals surface area contributed by atoms with Gasteiger partial charge in [0.25, 0.3) is 0 Å². The van der Waals surface area contributed by atoms with Gasteiger partial charge in [-0.15, -0.1) is 0 Å². The van der Waals surface area contributed by atoms with Gasteiger partial charge in [0.15, 0.2) is 0 Å². The molecular formula is C16H25N3O2. The van der Waals surface area contributed by atoms with E-state index in [1.807, 2.05) is 25.1 Å². The molecule has 1 unspecified atom stereocenters. The number of nitrogens with zero attached hydrogens (tertiary/aromatic N) is 3. The van der Waals surface area contributed by atoms with Crippen LogP contribution in [-0.4, -0.2) is 46.8 Å². The molecule has 0 spiro atoms. The average Bonchev–Trinajstić information content (AvgIpc) is 2.60. The molecule has 0 aliphatic carbocycles. The number of rotatable bonds is 1. The molecule has 1 fully saturated rings. The Kier molecular flexibility index (Phi) is 4.40. The van der Waals surface area contributed by atoms with Crippen LogP contribution in [0.5, 0.6) is 0 Å². The predicted octanol–water partition coefficient (Wildman–Crippen LogP) is 2.99. The van der Waals surface area contributed by atoms with E-state index in [2.05, 4.69) is 30.7 Å². The van der Waals surface area contributed by atoms with E-state index in [0.717, 1.165) is 24.5 Å². The van der Waals surface area contributed by atoms with Crippen molar-refractivity contribution in [3.8, 4) is 0 Å². The summed E-state index contributed by atoms with van der Waals surface area (Å²) in [6.07, 6.45) is 0.00286. The molecule has 0 bridgehead atoms. The van der Waals surface area contributed by atoms with Crippen LogP contribution >= 0.6 is 0 Å². The Morgan fingerprint density at radius 1 is 1.33 bits per heavy atom. The van der Waals surface area contributed by atoms with E-state index in [1.54, 1.807) is 4.90 Å². The fourth-order valence-corrected chi connectivity index (χ4v) is 2.87. The number of amides is 1. The van der Waals surface area contributed by atoms with Gasteiger partial charge in [-0.2, -0.15) is 0 Å². The summed E-state index contributed by atoms with van der Waals surface area (Å²) >= 11 is 0. The first kappa shape index (κ1) is 15.6. The maximum Gasteiger partial charge on any atom is 0.407 e. The molecule has 2 heterocycles. The van der Waals surface area contributed by atoms with E-state index in [1.165, 1.54) is 0 Å². The van der Waals surface area contributed by atoms with Gasteiger partial charge in [-0.3, -0.25) is 0 Å². The van der Waals surface area contributed by atoms with Crippen molar-refractivity contribution in [3.05, 3.63) is 23.9 Å². The smallest absolute Gasteiger partial charge is 0.407 e. The molecule has 1 amide bonds. The summed E-state index contributed by atoms with van der Waals surface area (Å²) in [5.41, 5.74) is 0.879. The molecule has 1 atom stereocenters. The molecule has 1 aliphatic heterocycles. The lowest BCUT2D eigenvalue weighted by Crippen LogP contribution is -2.51. The Morgan fingerprint density at radius 2 is 2.05 bits per heavy atom. The molecule has 5 heteroatoms. The third-order valence-corrected chi connectivity index (χ3v) is 4.04. The fraction of sp³-hybridized carbons (Fsp3) is 0.625. The molecule has 116 valence electrons. The molecular weight excluding hydrogens is 266 g/mol. The largest absolute Gasteiger partial charge is 0.465 e. The highest BCUT2D eigenvalue weighted by Gasteiger charge is 2.36. The van der Waals surface area contributed by atoms with Crippen molar-refractivity contribution in [2.75, 3.05) is 24.5 Å². The highest BCUT2D eigenvalue weighted by molar-refractivity contribution is 5.66. The monoisotopic (exact) mass is 291 g/mol. The van der Waals surface area contributed by atoms with Crippen LogP contribution in [0, 0.1) is 12.3 Å². The van der Waals surface area contributed by atoms with E-state index in [0.29, 0.717) is 13.1 Å². The van der Waals surface area contributed by atoms with E-state index in [4.69, 9.17) is 0 Å². The number of hydrogen-bond donors (Lipinski definition) is 1. The van der Waals surface area contributed by atoms with Gasteiger partial charge in [0.05, 0.1) is 6.04 Å². The summed E-state index contributed by atoms with van der Waals surface area (Å²) in [5.74, 6) is 0.941. The Morgan fingerprint density at radius 3 is 2.62 bits per heavy atom. The third-order valence-electron chi connectivity index (χ3n) is 4.04. The minimum atomic E-state index is -0.825. The van der Waals surface area contributed by atoms with Crippen LogP contribution in [0.4, 0.5) is 10.6 Å². The molecule has 1 aromatic heterocycles. The molecule has 1 saturated heterocycles. The van der Waals surface area contributed by atoms with Gasteiger partial charge in [0.1, 0.15) is 5.82 Å². The Labute approximate surface area is 126 Å². The number of aryl methyl sites for hydroxylation is 1. The van der Waals surface area contributed by atoms with Crippen LogP contribution in [-0.2, 0) is 0 Å². The van der Waals surface area contributed by atoms with Crippen molar-refractivity contribution in [1.82, 2.24) is 9.88 Å². The lowest BCUT2D eigenvalue weighted by atomic mass is 9.85. The van der Waals surface area contributed by atoms with Crippen LogP contribution < -0.4 is 4.90 Å². The number of anilines is 1. The van der Waals surface area contributed by atoms with Crippen molar-refractivity contribution >= 4 is 11.9 Å². The van der Waals surface area contributed by atoms with Crippen LogP contribution in [0.25, 0.3) is 0 Å². The first-order valence-corrected chi connectivity index (χ1v) is 7.47. The predicted molar refractivity (Wildman–Crippen MR) is 83.8 cm³/mol. The molecule has 0 saturated carbocycles. The normalized spacial score (nSPS) is 20.3. The first-order chi connectivity index (χ1) is 9.79. The summed E-state index contributed by atoms with van der Waals surface area (Å²) in [5, 5.41) is 9.49. The quantitative estimate of drug-likeness (QED) is 0.864. The minimum absolute atomic E-state index is 0.0418. The maximum absolute atomic E-state index is 11.6. The SMILES string of the molecule is Cc1cccc(N2CCCN(C(=O)O)C(C(C)(C)C)C2)n1. The summed E-state index contributed by atoms with van der Waals surface area (Å²) in [6.45, 7) is 10.4. The van der Waals surface area contributed by atoms with Crippen molar-refractivity contribution in [2.24, 2.45) is 5.41 Å². The second-order valence-electron chi connectivity index (χ2n) is 6.79. The molecule has 5 nitrogen and oxygen atoms in total. The Bertz CT molecular complexity index is 510. The van der Waals surface area contributed by atoms with Gasteiger partial charge in [0.2, 0.25) is 0 Å². The van der Waals surface area contributed by atoms with Crippen LogP contribution in [0.2, 0.25) is 0 Å². The topological polar surface area (TPSA) is 56.7 Å². The number of carboxylic acid groups (broad SMARTS) is 1. The number of aromatic nitrogens is 1. The molecule has 2 rings (SSSR count). The van der Waals surface area contributed by atoms with Crippen LogP contribution in [0.1, 0.15) is 32.9 Å². The molecule has 1 N–H and O–H groups in total. The summed E-state index contributed by atoms with van der Waals surface area (Å²) in [4.78, 5) is 19.9. The molecule has 1 aliphatic rings. The van der Waals surface area contributed by atoms with Crippen molar-refractivity contribution < 1.29 is 9.90 Å². The van der Waals surface area contributed by atoms with Crippen LogP contribution in [0.3, 0.4) is 0 Å². The molecule has 21 heavy (non-hydrogen) atoms. The standard InChI is InChI=1S/C16H25N3O2/c1-12-7-5-8-14(17-12)18-9-6-10-19(15(20)21)13(11-18)16(2,3)4/h5,7-8,13H,6,9-11H2,1-4H3,(H,20,21). The van der Waals surface area contributed by atoms with Crippen molar-refractivity contribution in [3.63, 3.8) is 0 Å². The lowest BCUT2D eigenvalue weighted by Gasteiger charge is -2.39. The summed E-state index contributed by atoms with van der Waals surface area (Å²) in [7, 11) is 0. The fourth-order valence-electron chi connectivity index (χ4n) is 2.87. The maximum atomic E-state index is 11.6. The molecule has 1 aromatic rings. The zero-order chi connectivity index (χ0) is 15.6. The van der Waals surface area contributed by atoms with Crippen LogP contribution in [0.15, 0.2) is 18.2 Å². The number of hydrogen-bond acceptors (Lipinski definition) is 3. The lowest BCUT2D eigenvalue weighted by molar-refractivity contribution is 0.0902. The zero-order valence-electron chi connectivity index (χ0n) is 13.3. The van der Waals surface area contributed by atoms with Crippen molar-refractivity contribution in [2.45, 2.75) is 40.2 Å². The Hall–Kier alpha value is -1.78. The van der Waals surface area contributed by atoms with Crippen molar-refractivity contribution in [1.29, 1.82) is 0 Å². The second-order valence-corrected chi connectivity index (χ2v) is 6.79. The highest BCUT2D eigenvalue weighted by atomic mass is 16.4. The van der Waals surface area contributed by atoms with Gasteiger partial charge >= 0.3 is 6.09 Å². The number of pyridine rings is 1. The molecule has 0 aromatic carbocycles. The summed E-state index contributed by atoms with van der Waals surface area (Å²) in [6, 6.07) is 5.94. The van der Waals surface area contributed by atoms with E-state index in [-0.39, 0.29) is 11.5 Å². The highest BCUT2D eigenvalue weighted by Crippen LogP contribution is 2.29. The van der Waals surface area contributed by atoms with Gasteiger partial charge in [-0.1, -0.05) is 26.8 Å². The van der Waals surface area contributed by atoms with E-state index >= 15 is 0 Å². The van der Waals surface area contributed by atoms with Gasteiger partial charge in [-0.05, 0) is 30.9 Å². The van der Waals surface area contributed by atoms with Gasteiger partial charge < -0.3 is 14.9 Å².